The molecule has 9 nitrogen and oxygen atoms in total. The number of carboxylic acid groups (broad SMARTS) is 1. The van der Waals surface area contributed by atoms with Gasteiger partial charge in [-0.3, -0.25) is 4.79 Å². The third-order valence-electron chi connectivity index (χ3n) is 2.95. The molecule has 1 aromatic heterocycles. The van der Waals surface area contributed by atoms with Crippen LogP contribution in [0.1, 0.15) is 35.6 Å². The molecular formula is C12H21N5O4. The second kappa shape index (κ2) is 8.32. The number of nitrogens with two attached hydrogens (primary N) is 1. The van der Waals surface area contributed by atoms with Crippen molar-refractivity contribution in [1.82, 2.24) is 20.3 Å². The Labute approximate surface area is 122 Å². The molecule has 1 atom stereocenters. The lowest BCUT2D eigenvalue weighted by molar-refractivity contribution is -0.124. The average molecular weight is 299 g/mol. The highest BCUT2D eigenvalue weighted by Crippen LogP contribution is 2.13. The summed E-state index contributed by atoms with van der Waals surface area (Å²) in [7, 11) is 1.59. The van der Waals surface area contributed by atoms with Crippen molar-refractivity contribution in [1.29, 1.82) is 0 Å². The predicted octanol–water partition coefficient (Wildman–Crippen LogP) is -0.809. The fourth-order valence-corrected chi connectivity index (χ4v) is 1.85. The molecule has 1 heterocycles. The van der Waals surface area contributed by atoms with Crippen molar-refractivity contribution in [2.75, 3.05) is 26.8 Å². The Balaban J connectivity index is 2.79. The normalized spacial score (nSPS) is 12.1. The molecule has 0 fully saturated rings. The zero-order chi connectivity index (χ0) is 15.8. The number of carbonyl (C=O) groups excluding carboxylic acids is 1. The van der Waals surface area contributed by atoms with E-state index < -0.39 is 12.0 Å². The Morgan fingerprint density at radius 3 is 2.81 bits per heavy atom. The third-order valence-corrected chi connectivity index (χ3v) is 2.95. The maximum Gasteiger partial charge on any atom is 0.358 e. The van der Waals surface area contributed by atoms with E-state index in [0.717, 1.165) is 0 Å². The average Bonchev–Trinajstić information content (AvgIpc) is 2.87. The lowest BCUT2D eigenvalue weighted by atomic mass is 10.2. The highest BCUT2D eigenvalue weighted by molar-refractivity contribution is 5.87. The van der Waals surface area contributed by atoms with Crippen molar-refractivity contribution in [3.05, 3.63) is 11.4 Å². The van der Waals surface area contributed by atoms with Crippen LogP contribution in [0.2, 0.25) is 0 Å². The smallest absolute Gasteiger partial charge is 0.358 e. The summed E-state index contributed by atoms with van der Waals surface area (Å²) in [5.74, 6) is -1.44. The first-order valence-electron chi connectivity index (χ1n) is 6.67. The van der Waals surface area contributed by atoms with Gasteiger partial charge in [0.2, 0.25) is 5.91 Å². The molecule has 0 saturated carbocycles. The molecule has 0 saturated heterocycles. The van der Waals surface area contributed by atoms with Gasteiger partial charge in [-0.25, -0.2) is 9.48 Å². The summed E-state index contributed by atoms with van der Waals surface area (Å²) < 4.78 is 6.20. The van der Waals surface area contributed by atoms with Crippen molar-refractivity contribution in [3.8, 4) is 0 Å². The number of hydrogen-bond donors (Lipinski definition) is 3. The number of carboxylic acids is 1. The molecule has 4 N–H and O–H groups in total. The van der Waals surface area contributed by atoms with Gasteiger partial charge in [-0.15, -0.1) is 5.10 Å². The molecule has 21 heavy (non-hydrogen) atoms. The lowest BCUT2D eigenvalue weighted by Gasteiger charge is -2.14. The van der Waals surface area contributed by atoms with Gasteiger partial charge in [-0.2, -0.15) is 0 Å². The zero-order valence-electron chi connectivity index (χ0n) is 12.2. The summed E-state index contributed by atoms with van der Waals surface area (Å²) in [6.45, 7) is 2.91. The Bertz CT molecular complexity index is 488. The van der Waals surface area contributed by atoms with Crippen molar-refractivity contribution in [3.63, 3.8) is 0 Å². The maximum atomic E-state index is 12.0. The second-order valence-corrected chi connectivity index (χ2v) is 4.49. The molecule has 0 aliphatic heterocycles. The van der Waals surface area contributed by atoms with E-state index in [9.17, 15) is 9.59 Å². The first-order valence-corrected chi connectivity index (χ1v) is 6.67. The van der Waals surface area contributed by atoms with Crippen LogP contribution in [0.5, 0.6) is 0 Å². The van der Waals surface area contributed by atoms with E-state index in [1.165, 1.54) is 4.68 Å². The monoisotopic (exact) mass is 299 g/mol. The van der Waals surface area contributed by atoms with Crippen LogP contribution in [0.3, 0.4) is 0 Å². The SMILES string of the molecule is COCCCNC(=O)C(C)n1nnc(C(=O)O)c1CCN. The van der Waals surface area contributed by atoms with E-state index in [-0.39, 0.29) is 24.6 Å². The third kappa shape index (κ3) is 4.50. The summed E-state index contributed by atoms with van der Waals surface area (Å²) in [5.41, 5.74) is 5.66. The number of aromatic carboxylic acids is 1. The van der Waals surface area contributed by atoms with E-state index in [1.807, 2.05) is 0 Å². The van der Waals surface area contributed by atoms with Gasteiger partial charge in [0.1, 0.15) is 6.04 Å². The van der Waals surface area contributed by atoms with Gasteiger partial charge in [0.15, 0.2) is 5.69 Å². The van der Waals surface area contributed by atoms with E-state index in [0.29, 0.717) is 25.3 Å². The molecule has 0 radical (unpaired) electrons. The van der Waals surface area contributed by atoms with Crippen LogP contribution in [-0.4, -0.2) is 58.8 Å². The van der Waals surface area contributed by atoms with Crippen LogP contribution < -0.4 is 11.1 Å². The number of nitrogens with one attached hydrogen (secondary N) is 1. The summed E-state index contributed by atoms with van der Waals surface area (Å²) in [4.78, 5) is 23.1. The summed E-state index contributed by atoms with van der Waals surface area (Å²) in [6, 6.07) is -0.658. The summed E-state index contributed by atoms with van der Waals surface area (Å²) in [5, 5.41) is 19.2. The van der Waals surface area contributed by atoms with Gasteiger partial charge >= 0.3 is 5.97 Å². The van der Waals surface area contributed by atoms with E-state index >= 15 is 0 Å². The fraction of sp³-hybridized carbons (Fsp3) is 0.667. The van der Waals surface area contributed by atoms with Gasteiger partial charge < -0.3 is 20.9 Å². The standard InChI is InChI=1S/C12H21N5O4/c1-8(11(18)14-6-3-7-21-2)17-9(4-5-13)10(12(19)20)15-16-17/h8H,3-7,13H2,1-2H3,(H,14,18)(H,19,20). The molecule has 1 amide bonds. The van der Waals surface area contributed by atoms with Crippen LogP contribution in [0.15, 0.2) is 0 Å². The highest BCUT2D eigenvalue weighted by atomic mass is 16.5. The number of hydrogen-bond acceptors (Lipinski definition) is 6. The molecular weight excluding hydrogens is 278 g/mol. The van der Waals surface area contributed by atoms with Crippen molar-refractivity contribution in [2.45, 2.75) is 25.8 Å². The van der Waals surface area contributed by atoms with Crippen LogP contribution >= 0.6 is 0 Å². The molecule has 0 bridgehead atoms. The topological polar surface area (TPSA) is 132 Å². The Kier molecular flexibility index (Phi) is 6.76. The molecule has 0 aliphatic carbocycles. The molecule has 0 spiro atoms. The van der Waals surface area contributed by atoms with Crippen molar-refractivity contribution < 1.29 is 19.4 Å². The van der Waals surface area contributed by atoms with Gasteiger partial charge in [0.05, 0.1) is 5.69 Å². The van der Waals surface area contributed by atoms with E-state index in [4.69, 9.17) is 15.6 Å². The molecule has 1 aromatic rings. The quantitative estimate of drug-likeness (QED) is 0.508. The minimum atomic E-state index is -1.18. The number of nitrogens with zero attached hydrogens (tertiary/aromatic N) is 3. The number of methoxy groups -OCH3 is 1. The minimum Gasteiger partial charge on any atom is -0.476 e. The van der Waals surface area contributed by atoms with Crippen molar-refractivity contribution >= 4 is 11.9 Å². The van der Waals surface area contributed by atoms with Gasteiger partial charge in [0.25, 0.3) is 0 Å². The molecule has 0 aliphatic rings. The highest BCUT2D eigenvalue weighted by Gasteiger charge is 2.24. The summed E-state index contributed by atoms with van der Waals surface area (Å²) in [6.07, 6.45) is 0.984. The summed E-state index contributed by atoms with van der Waals surface area (Å²) >= 11 is 0. The first kappa shape index (κ1) is 17.1. The second-order valence-electron chi connectivity index (χ2n) is 4.49. The Morgan fingerprint density at radius 1 is 1.52 bits per heavy atom. The lowest BCUT2D eigenvalue weighted by Crippen LogP contribution is -2.33. The number of carbonyl (C=O) groups is 2. The van der Waals surface area contributed by atoms with Crippen LogP contribution in [-0.2, 0) is 16.0 Å². The molecule has 0 aromatic carbocycles. The largest absolute Gasteiger partial charge is 0.476 e. The fourth-order valence-electron chi connectivity index (χ4n) is 1.85. The van der Waals surface area contributed by atoms with Crippen LogP contribution in [0.4, 0.5) is 0 Å². The van der Waals surface area contributed by atoms with E-state index in [2.05, 4.69) is 15.6 Å². The molecule has 1 unspecified atom stereocenters. The maximum absolute atomic E-state index is 12.0. The Hall–Kier alpha value is -2.00. The molecule has 9 heteroatoms. The van der Waals surface area contributed by atoms with Gasteiger partial charge in [0, 0.05) is 26.7 Å². The number of amides is 1. The van der Waals surface area contributed by atoms with Gasteiger partial charge in [-0.1, -0.05) is 5.21 Å². The van der Waals surface area contributed by atoms with Crippen LogP contribution in [0.25, 0.3) is 0 Å². The first-order chi connectivity index (χ1) is 10.0. The number of aromatic nitrogens is 3. The molecule has 1 rings (SSSR count). The van der Waals surface area contributed by atoms with E-state index in [1.54, 1.807) is 14.0 Å². The number of rotatable bonds is 9. The van der Waals surface area contributed by atoms with Crippen molar-refractivity contribution in [2.24, 2.45) is 5.73 Å². The zero-order valence-corrected chi connectivity index (χ0v) is 12.2. The van der Waals surface area contributed by atoms with Gasteiger partial charge in [-0.05, 0) is 19.9 Å². The van der Waals surface area contributed by atoms with Crippen LogP contribution in [0, 0.1) is 0 Å². The molecule has 118 valence electrons. The minimum absolute atomic E-state index is 0.167. The predicted molar refractivity (Wildman–Crippen MR) is 74.0 cm³/mol. The Morgan fingerprint density at radius 2 is 2.24 bits per heavy atom. The number of ether oxygens (including phenoxy) is 1.